The molecule has 0 aromatic rings. The molecule has 0 atom stereocenters. The van der Waals surface area contributed by atoms with Crippen LogP contribution in [0.4, 0.5) is 0 Å². The molecule has 11 heavy (non-hydrogen) atoms. The lowest BCUT2D eigenvalue weighted by Gasteiger charge is -1.07. The minimum atomic E-state index is 0. The third kappa shape index (κ3) is 36200. The van der Waals surface area contributed by atoms with Crippen molar-refractivity contribution in [3.05, 3.63) is 7.43 Å². The summed E-state index contributed by atoms with van der Waals surface area (Å²) >= 11 is 0. The van der Waals surface area contributed by atoms with E-state index in [2.05, 4.69) is 0 Å². The molecular formula is C11H37+. The topological polar surface area (TPSA) is 0 Å². The van der Waals surface area contributed by atoms with Crippen molar-refractivity contribution in [2.45, 2.75) is 71.2 Å². The summed E-state index contributed by atoms with van der Waals surface area (Å²) in [5.41, 5.74) is 0. The van der Waals surface area contributed by atoms with Crippen LogP contribution in [-0.4, -0.2) is 0 Å². The molecule has 0 amide bonds. The molecule has 0 fully saturated rings. The van der Waals surface area contributed by atoms with Gasteiger partial charge in [0.05, 0.1) is 0 Å². The molecule has 0 aliphatic heterocycles. The monoisotopic (exact) mass is 169 g/mol. The van der Waals surface area contributed by atoms with Gasteiger partial charge in [0.25, 0.3) is 0 Å². The second kappa shape index (κ2) is 45900. The first-order valence-corrected chi connectivity index (χ1v) is 3.00. The molecule has 0 aliphatic rings. The van der Waals surface area contributed by atoms with Gasteiger partial charge >= 0.3 is 0 Å². The maximum Gasteiger partial charge on any atom is 0.0467 e. The van der Waals surface area contributed by atoms with Crippen molar-refractivity contribution in [3.63, 3.8) is 0 Å². The molecule has 0 rings (SSSR count). The Morgan fingerprint density at radius 3 is 0.364 bits per heavy atom. The Morgan fingerprint density at radius 1 is 0.364 bits per heavy atom. The van der Waals surface area contributed by atoms with Crippen molar-refractivity contribution in [1.29, 1.82) is 0 Å². The Hall–Kier alpha value is -0.130. The van der Waals surface area contributed by atoms with Crippen LogP contribution in [-0.2, 0) is 0 Å². The van der Waals surface area contributed by atoms with Gasteiger partial charge in [-0.05, 0) is 0 Å². The summed E-state index contributed by atoms with van der Waals surface area (Å²) in [6, 6.07) is 0. The van der Waals surface area contributed by atoms with E-state index in [1.807, 2.05) is 41.5 Å². The fourth-order valence-corrected chi connectivity index (χ4v) is 0. The average molecular weight is 169 g/mol. The highest BCUT2D eigenvalue weighted by Gasteiger charge is 0.936. The Bertz CT molecular complexity index is 0. The van der Waals surface area contributed by atoms with Crippen LogP contribution in [0.25, 0.3) is 0 Å². The lowest BCUT2D eigenvalue weighted by Crippen LogP contribution is -0.856. The Morgan fingerprint density at radius 2 is 0.364 bits per heavy atom. The molecule has 0 saturated heterocycles. The molecule has 0 heterocycles. The van der Waals surface area contributed by atoms with Crippen LogP contribution < -0.4 is 0 Å². The highest BCUT2D eigenvalue weighted by Crippen LogP contribution is 1.15. The van der Waals surface area contributed by atoms with Crippen molar-refractivity contribution < 1.29 is 0 Å². The molecule has 0 aliphatic carbocycles. The van der Waals surface area contributed by atoms with Gasteiger partial charge in [-0.15, -0.1) is 0 Å². The van der Waals surface area contributed by atoms with Gasteiger partial charge in [0, 0.05) is 7.43 Å². The van der Waals surface area contributed by atoms with Crippen LogP contribution in [0.15, 0.2) is 0 Å². The Balaban J connectivity index is -0.00000000167. The highest BCUT2D eigenvalue weighted by atomic mass is 13.0. The van der Waals surface area contributed by atoms with Gasteiger partial charge in [-0.25, -0.2) is 0 Å². The zero-order chi connectivity index (χ0) is 6.00. The quantitative estimate of drug-likeness (QED) is 0.386. The van der Waals surface area contributed by atoms with Gasteiger partial charge in [0.15, 0.2) is 0 Å². The van der Waals surface area contributed by atoms with Crippen molar-refractivity contribution in [1.82, 2.24) is 0 Å². The molecule has 0 saturated carbocycles. The maximum absolute atomic E-state index is 2.00. The summed E-state index contributed by atoms with van der Waals surface area (Å²) in [4.78, 5) is 0. The van der Waals surface area contributed by atoms with E-state index < -0.39 is 0 Å². The minimum absolute atomic E-state index is 0. The molecule has 0 spiro atoms. The fourth-order valence-electron chi connectivity index (χ4n) is 0. The summed E-state index contributed by atoms with van der Waals surface area (Å²) in [7, 11) is 0. The van der Waals surface area contributed by atoms with Crippen LogP contribution in [0.1, 0.15) is 71.2 Å². The van der Waals surface area contributed by atoms with Crippen molar-refractivity contribution in [2.24, 2.45) is 0 Å². The van der Waals surface area contributed by atoms with Crippen LogP contribution in [0, 0.1) is 7.43 Å². The third-order valence-electron chi connectivity index (χ3n) is 0. The van der Waals surface area contributed by atoms with Crippen LogP contribution >= 0.6 is 0 Å². The molecule has 0 aromatic heterocycles. The fraction of sp³-hybridized carbons (Fsp3) is 0.909. The third-order valence-corrected chi connectivity index (χ3v) is 0. The van der Waals surface area contributed by atoms with Crippen LogP contribution in [0.3, 0.4) is 0 Å². The predicted octanol–water partition coefficient (Wildman–Crippen LogP) is 6.07. The zero-order valence-corrected chi connectivity index (χ0v) is 7.00. The molecule has 80 valence electrons. The van der Waals surface area contributed by atoms with E-state index in [1.54, 1.807) is 0 Å². The summed E-state index contributed by atoms with van der Waals surface area (Å²) in [5.74, 6) is 0. The summed E-state index contributed by atoms with van der Waals surface area (Å²) in [6.45, 7) is 12.0. The average Bonchev–Trinajstić information content (AvgIpc) is 1.81. The van der Waals surface area contributed by atoms with Gasteiger partial charge in [0.2, 0.25) is 0 Å². The largest absolute Gasteiger partial charge is 0.0776 e. The molecule has 0 heteroatoms. The predicted molar refractivity (Wildman–Crippen MR) is 67.4 cm³/mol. The van der Waals surface area contributed by atoms with E-state index in [-0.39, 0.29) is 37.1 Å². The van der Waals surface area contributed by atoms with E-state index in [9.17, 15) is 0 Å². The van der Waals surface area contributed by atoms with E-state index in [0.717, 1.165) is 0 Å². The van der Waals surface area contributed by atoms with Crippen molar-refractivity contribution >= 4 is 0 Å². The van der Waals surface area contributed by atoms with Gasteiger partial charge in [-0.2, -0.15) is 0 Å². The Labute approximate surface area is 79.4 Å². The molecular weight excluding hydrogens is 132 g/mol. The lowest BCUT2D eigenvalue weighted by molar-refractivity contribution is 1.50. The summed E-state index contributed by atoms with van der Waals surface area (Å²) < 4.78 is 0. The van der Waals surface area contributed by atoms with Gasteiger partial charge in [-0.3, -0.25) is 0 Å². The standard InChI is InChI=1S/3C2H6.4CH4.CH3/c3*1-2;;;;;/h3*1-2H3;4*1H4;1H3/q;;;;;;;+1. The first-order valence-electron chi connectivity index (χ1n) is 3.00. The van der Waals surface area contributed by atoms with Crippen LogP contribution in [0.2, 0.25) is 0 Å². The lowest BCUT2D eigenvalue weighted by atomic mass is 11.0. The molecule has 0 N–H and O–H groups in total. The van der Waals surface area contributed by atoms with Crippen molar-refractivity contribution in [2.75, 3.05) is 0 Å². The summed E-state index contributed by atoms with van der Waals surface area (Å²) in [5, 5.41) is 0. The smallest absolute Gasteiger partial charge is 0.0467 e. The number of hydrogen-bond acceptors (Lipinski definition) is 0. The molecule has 0 radical (unpaired) electrons. The molecule has 0 aromatic carbocycles. The highest BCUT2D eigenvalue weighted by molar-refractivity contribution is 3.51. The molecule has 0 bridgehead atoms. The van der Waals surface area contributed by atoms with E-state index in [1.165, 1.54) is 0 Å². The van der Waals surface area contributed by atoms with E-state index in [0.29, 0.717) is 0 Å². The SMILES string of the molecule is C.C.C.C.CC.CC.CC.[CH3+]. The first-order chi connectivity index (χ1) is 3.00. The second-order valence-electron chi connectivity index (χ2n) is 0. The second-order valence-corrected chi connectivity index (χ2v) is 0. The zero-order valence-electron chi connectivity index (χ0n) is 7.00. The number of hydrogen-bond donors (Lipinski definition) is 0. The van der Waals surface area contributed by atoms with E-state index in [4.69, 9.17) is 0 Å². The van der Waals surface area contributed by atoms with Gasteiger partial charge in [-0.1, -0.05) is 71.2 Å². The molecule has 0 unspecified atom stereocenters. The normalized spacial score (nSPS) is 1.64. The molecule has 0 nitrogen and oxygen atoms in total. The van der Waals surface area contributed by atoms with Gasteiger partial charge in [0.1, 0.15) is 0 Å². The Kier molecular flexibility index (Phi) is 537000. The maximum atomic E-state index is 2.00. The summed E-state index contributed by atoms with van der Waals surface area (Å²) in [6.07, 6.45) is 0. The number of rotatable bonds is 0. The minimum Gasteiger partial charge on any atom is -0.0776 e. The van der Waals surface area contributed by atoms with Crippen molar-refractivity contribution in [3.8, 4) is 0 Å². The van der Waals surface area contributed by atoms with E-state index >= 15 is 0 Å². The first kappa shape index (κ1) is 129. The van der Waals surface area contributed by atoms with Gasteiger partial charge < -0.3 is 0 Å². The van der Waals surface area contributed by atoms with Crippen LogP contribution in [0.5, 0.6) is 0 Å².